The van der Waals surface area contributed by atoms with E-state index in [1.54, 1.807) is 35.7 Å². The molecule has 2 fully saturated rings. The number of methoxy groups -OCH3 is 1. The number of benzene rings is 2. The van der Waals surface area contributed by atoms with Crippen molar-refractivity contribution in [2.24, 2.45) is 0 Å². The summed E-state index contributed by atoms with van der Waals surface area (Å²) in [6, 6.07) is 15.5. The van der Waals surface area contributed by atoms with Crippen molar-refractivity contribution in [3.63, 3.8) is 0 Å². The number of ether oxygens (including phenoxy) is 1. The van der Waals surface area contributed by atoms with E-state index in [-0.39, 0.29) is 24.6 Å². The molecule has 0 saturated carbocycles. The van der Waals surface area contributed by atoms with Crippen molar-refractivity contribution in [1.82, 2.24) is 9.21 Å². The summed E-state index contributed by atoms with van der Waals surface area (Å²) in [6.45, 7) is 1.93. The summed E-state index contributed by atoms with van der Waals surface area (Å²) in [5.74, 6) is 0.751. The van der Waals surface area contributed by atoms with Gasteiger partial charge in [-0.05, 0) is 86.0 Å². The molecule has 0 aromatic heterocycles. The maximum Gasteiger partial charge on any atom is 0.243 e. The molecule has 0 bridgehead atoms. The van der Waals surface area contributed by atoms with Crippen LogP contribution >= 0.6 is 0 Å². The molecular formula is C28H36N2O4S. The molecule has 3 aliphatic rings. The number of hydrogen-bond acceptors (Lipinski definition) is 5. The monoisotopic (exact) mass is 496 g/mol. The standard InChI is InChI=1S/C28H36N2O4S/c1-34-24-13-15-25(16-14-24)35(32,33)29-17-5-6-18-30-26(19-29)28(27(30)20-31)23-11-9-22(10-12-23)21-7-3-2-4-8-21/h7,9-16,26-28,31H,2-6,8,17-20H2,1H3/t26-,27-,28-/m0/s1. The predicted molar refractivity (Wildman–Crippen MR) is 138 cm³/mol. The first-order chi connectivity index (χ1) is 17.0. The van der Waals surface area contributed by atoms with E-state index in [1.165, 1.54) is 29.5 Å². The second-order valence-electron chi connectivity index (χ2n) is 9.92. The van der Waals surface area contributed by atoms with Gasteiger partial charge in [0.05, 0.1) is 18.6 Å². The molecule has 0 spiro atoms. The fraction of sp³-hybridized carbons (Fsp3) is 0.500. The van der Waals surface area contributed by atoms with Gasteiger partial charge in [0.15, 0.2) is 0 Å². The van der Waals surface area contributed by atoms with E-state index >= 15 is 0 Å². The van der Waals surface area contributed by atoms with Crippen LogP contribution in [-0.2, 0) is 10.0 Å². The third kappa shape index (κ3) is 4.79. The molecule has 1 N–H and O–H groups in total. The highest BCUT2D eigenvalue weighted by molar-refractivity contribution is 7.89. The van der Waals surface area contributed by atoms with Gasteiger partial charge >= 0.3 is 0 Å². The average Bonchev–Trinajstić information content (AvgIpc) is 2.88. The highest BCUT2D eigenvalue weighted by Gasteiger charge is 2.50. The summed E-state index contributed by atoms with van der Waals surface area (Å²) < 4.78 is 33.9. The first-order valence-electron chi connectivity index (χ1n) is 12.8. The molecule has 2 heterocycles. The van der Waals surface area contributed by atoms with Crippen LogP contribution in [0.25, 0.3) is 5.57 Å². The minimum Gasteiger partial charge on any atom is -0.497 e. The summed E-state index contributed by atoms with van der Waals surface area (Å²) in [5, 5.41) is 10.2. The summed E-state index contributed by atoms with van der Waals surface area (Å²) in [4.78, 5) is 2.61. The Labute approximate surface area is 209 Å². The van der Waals surface area contributed by atoms with E-state index in [2.05, 4.69) is 35.2 Å². The van der Waals surface area contributed by atoms with Gasteiger partial charge < -0.3 is 9.84 Å². The minimum absolute atomic E-state index is 0.0309. The molecule has 1 aliphatic carbocycles. The lowest BCUT2D eigenvalue weighted by Crippen LogP contribution is -2.67. The van der Waals surface area contributed by atoms with Crippen molar-refractivity contribution in [3.8, 4) is 5.75 Å². The lowest BCUT2D eigenvalue weighted by atomic mass is 9.74. The van der Waals surface area contributed by atoms with E-state index in [0.717, 1.165) is 32.2 Å². The largest absolute Gasteiger partial charge is 0.497 e. The van der Waals surface area contributed by atoms with Gasteiger partial charge in [-0.3, -0.25) is 4.90 Å². The number of hydrogen-bond donors (Lipinski definition) is 1. The van der Waals surface area contributed by atoms with Crippen LogP contribution in [0.5, 0.6) is 5.75 Å². The number of aliphatic hydroxyl groups excluding tert-OH is 1. The van der Waals surface area contributed by atoms with Gasteiger partial charge in [0.25, 0.3) is 0 Å². The quantitative estimate of drug-likeness (QED) is 0.647. The van der Waals surface area contributed by atoms with Crippen molar-refractivity contribution in [2.45, 2.75) is 61.4 Å². The van der Waals surface area contributed by atoms with Gasteiger partial charge in [0, 0.05) is 31.1 Å². The zero-order valence-corrected chi connectivity index (χ0v) is 21.3. The van der Waals surface area contributed by atoms with Gasteiger partial charge in [0.1, 0.15) is 5.75 Å². The number of fused-ring (bicyclic) bond motifs is 1. The molecule has 0 amide bonds. The third-order valence-corrected chi connectivity index (χ3v) is 9.87. The highest BCUT2D eigenvalue weighted by Crippen LogP contribution is 2.43. The second-order valence-corrected chi connectivity index (χ2v) is 11.9. The third-order valence-electron chi connectivity index (χ3n) is 7.99. The number of aliphatic hydroxyl groups is 1. The van der Waals surface area contributed by atoms with Crippen LogP contribution in [0.4, 0.5) is 0 Å². The summed E-state index contributed by atoms with van der Waals surface area (Å²) in [7, 11) is -2.05. The topological polar surface area (TPSA) is 70.1 Å². The molecule has 0 radical (unpaired) electrons. The molecular weight excluding hydrogens is 460 g/mol. The molecule has 2 aliphatic heterocycles. The number of sulfonamides is 1. The van der Waals surface area contributed by atoms with Crippen LogP contribution < -0.4 is 4.74 Å². The number of rotatable bonds is 6. The molecule has 35 heavy (non-hydrogen) atoms. The van der Waals surface area contributed by atoms with Gasteiger partial charge in [-0.2, -0.15) is 4.31 Å². The van der Waals surface area contributed by atoms with Gasteiger partial charge in [-0.15, -0.1) is 0 Å². The fourth-order valence-electron chi connectivity index (χ4n) is 6.04. The smallest absolute Gasteiger partial charge is 0.243 e. The lowest BCUT2D eigenvalue weighted by Gasteiger charge is -2.57. The summed E-state index contributed by atoms with van der Waals surface area (Å²) in [5.41, 5.74) is 3.90. The molecule has 2 saturated heterocycles. The minimum atomic E-state index is -3.62. The zero-order valence-electron chi connectivity index (χ0n) is 20.5. The molecule has 6 nitrogen and oxygen atoms in total. The Morgan fingerprint density at radius 2 is 1.71 bits per heavy atom. The Hall–Kier alpha value is -2.19. The van der Waals surface area contributed by atoms with Crippen LogP contribution in [0, 0.1) is 0 Å². The normalized spacial score (nSPS) is 26.1. The van der Waals surface area contributed by atoms with E-state index in [1.807, 2.05) is 0 Å². The van der Waals surface area contributed by atoms with Crippen LogP contribution in [-0.4, -0.2) is 68.2 Å². The molecule has 2 aromatic carbocycles. The average molecular weight is 497 g/mol. The molecule has 0 unspecified atom stereocenters. The van der Waals surface area contributed by atoms with Crippen LogP contribution in [0.3, 0.4) is 0 Å². The van der Waals surface area contributed by atoms with Crippen molar-refractivity contribution >= 4 is 15.6 Å². The maximum absolute atomic E-state index is 13.6. The predicted octanol–water partition coefficient (Wildman–Crippen LogP) is 4.27. The maximum atomic E-state index is 13.6. The Bertz CT molecular complexity index is 1140. The first-order valence-corrected chi connectivity index (χ1v) is 14.3. The zero-order chi connectivity index (χ0) is 24.4. The van der Waals surface area contributed by atoms with Crippen molar-refractivity contribution in [1.29, 1.82) is 0 Å². The van der Waals surface area contributed by atoms with E-state index < -0.39 is 10.0 Å². The Kier molecular flexibility index (Phi) is 7.30. The van der Waals surface area contributed by atoms with E-state index in [9.17, 15) is 13.5 Å². The van der Waals surface area contributed by atoms with E-state index in [0.29, 0.717) is 23.7 Å². The van der Waals surface area contributed by atoms with Crippen LogP contribution in [0.15, 0.2) is 59.5 Å². The lowest BCUT2D eigenvalue weighted by molar-refractivity contribution is -0.0553. The Morgan fingerprint density at radius 1 is 0.971 bits per heavy atom. The van der Waals surface area contributed by atoms with Crippen molar-refractivity contribution in [3.05, 3.63) is 65.7 Å². The first kappa shape index (κ1) is 24.5. The number of nitrogens with zero attached hydrogens (tertiary/aromatic N) is 2. The molecule has 3 atom stereocenters. The molecule has 2 aromatic rings. The van der Waals surface area contributed by atoms with E-state index in [4.69, 9.17) is 4.74 Å². The fourth-order valence-corrected chi connectivity index (χ4v) is 7.54. The molecule has 7 heteroatoms. The van der Waals surface area contributed by atoms with Gasteiger partial charge in [-0.25, -0.2) is 8.42 Å². The SMILES string of the molecule is COc1ccc(S(=O)(=O)N2CCCCN3[C@@H](CO)[C@@H](c4ccc(C5=CCCCC5)cc4)[C@@H]3C2)cc1. The molecule has 188 valence electrons. The van der Waals surface area contributed by atoms with Crippen molar-refractivity contribution in [2.75, 3.05) is 33.4 Å². The Morgan fingerprint density at radius 3 is 2.37 bits per heavy atom. The highest BCUT2D eigenvalue weighted by atomic mass is 32.2. The molecule has 5 rings (SSSR count). The summed E-state index contributed by atoms with van der Waals surface area (Å²) in [6.07, 6.45) is 8.90. The second kappa shape index (κ2) is 10.4. The Balaban J connectivity index is 1.39. The van der Waals surface area contributed by atoms with Crippen molar-refractivity contribution < 1.29 is 18.3 Å². The van der Waals surface area contributed by atoms with Crippen LogP contribution in [0.2, 0.25) is 0 Å². The van der Waals surface area contributed by atoms with Crippen LogP contribution in [0.1, 0.15) is 55.6 Å². The van der Waals surface area contributed by atoms with Gasteiger partial charge in [0.2, 0.25) is 10.0 Å². The number of allylic oxidation sites excluding steroid dienone is 2. The van der Waals surface area contributed by atoms with Gasteiger partial charge in [-0.1, -0.05) is 30.3 Å². The summed E-state index contributed by atoms with van der Waals surface area (Å²) >= 11 is 0.